The predicted molar refractivity (Wildman–Crippen MR) is 92.6 cm³/mol. The molecule has 0 atom stereocenters. The number of hydrogen-bond donors (Lipinski definition) is 0. The van der Waals surface area contributed by atoms with Gasteiger partial charge < -0.3 is 9.64 Å². The highest BCUT2D eigenvalue weighted by Crippen LogP contribution is 2.15. The fraction of sp³-hybridized carbons (Fsp3) is 0.632. The van der Waals surface area contributed by atoms with Gasteiger partial charge in [-0.15, -0.1) is 0 Å². The molecule has 124 valence electrons. The Labute approximate surface area is 135 Å². The maximum absolute atomic E-state index is 12.7. The van der Waals surface area contributed by atoms with E-state index in [-0.39, 0.29) is 5.91 Å². The van der Waals surface area contributed by atoms with E-state index in [2.05, 4.69) is 13.8 Å². The number of ether oxygens (including phenoxy) is 1. The van der Waals surface area contributed by atoms with Crippen molar-refractivity contribution >= 4 is 5.91 Å². The van der Waals surface area contributed by atoms with Crippen LogP contribution in [0.15, 0.2) is 24.3 Å². The molecule has 0 aliphatic carbocycles. The van der Waals surface area contributed by atoms with E-state index in [0.29, 0.717) is 6.61 Å². The van der Waals surface area contributed by atoms with Crippen LogP contribution in [0.5, 0.6) is 5.75 Å². The van der Waals surface area contributed by atoms with E-state index in [4.69, 9.17) is 4.74 Å². The van der Waals surface area contributed by atoms with E-state index >= 15 is 0 Å². The summed E-state index contributed by atoms with van der Waals surface area (Å²) in [6.07, 6.45) is 6.90. The van der Waals surface area contributed by atoms with Crippen LogP contribution >= 0.6 is 0 Å². The van der Waals surface area contributed by atoms with Crippen molar-refractivity contribution < 1.29 is 9.53 Å². The zero-order valence-corrected chi connectivity index (χ0v) is 14.4. The van der Waals surface area contributed by atoms with E-state index < -0.39 is 0 Å². The monoisotopic (exact) mass is 305 g/mol. The van der Waals surface area contributed by atoms with Gasteiger partial charge in [0, 0.05) is 18.7 Å². The van der Waals surface area contributed by atoms with Gasteiger partial charge >= 0.3 is 0 Å². The van der Waals surface area contributed by atoms with Crippen LogP contribution in [-0.4, -0.2) is 30.5 Å². The molecule has 0 radical (unpaired) electrons. The number of unbranched alkanes of at least 4 members (excludes halogenated alkanes) is 4. The van der Waals surface area contributed by atoms with Gasteiger partial charge in [-0.2, -0.15) is 0 Å². The molecule has 0 saturated carbocycles. The maximum Gasteiger partial charge on any atom is 0.253 e. The minimum Gasteiger partial charge on any atom is -0.494 e. The maximum atomic E-state index is 12.7. The third-order valence-electron chi connectivity index (χ3n) is 3.76. The molecule has 1 amide bonds. The number of carbonyl (C=O) groups excluding carboxylic acids is 1. The van der Waals surface area contributed by atoms with Crippen molar-refractivity contribution in [2.24, 2.45) is 0 Å². The second-order valence-corrected chi connectivity index (χ2v) is 5.66. The molecule has 0 bridgehead atoms. The summed E-state index contributed by atoms with van der Waals surface area (Å²) in [6, 6.07) is 7.51. The molecule has 1 aromatic rings. The third kappa shape index (κ3) is 6.50. The standard InChI is InChI=1S/C19H31NO2/c1-4-7-9-15-20(16-10-8-5-2)19(21)17-11-13-18(14-12-17)22-6-3/h11-14H,4-10,15-16H2,1-3H3. The molecule has 3 nitrogen and oxygen atoms in total. The van der Waals surface area contributed by atoms with Crippen molar-refractivity contribution in [2.75, 3.05) is 19.7 Å². The van der Waals surface area contributed by atoms with Gasteiger partial charge in [0.25, 0.3) is 5.91 Å². The number of carbonyl (C=O) groups is 1. The quantitative estimate of drug-likeness (QED) is 0.544. The molecule has 0 saturated heterocycles. The van der Waals surface area contributed by atoms with Gasteiger partial charge in [0.2, 0.25) is 0 Å². The van der Waals surface area contributed by atoms with Crippen LogP contribution in [0, 0.1) is 0 Å². The van der Waals surface area contributed by atoms with E-state index in [1.807, 2.05) is 36.1 Å². The van der Waals surface area contributed by atoms with Crippen LogP contribution in [0.25, 0.3) is 0 Å². The Hall–Kier alpha value is -1.51. The zero-order chi connectivity index (χ0) is 16.2. The average molecular weight is 305 g/mol. The number of rotatable bonds is 11. The van der Waals surface area contributed by atoms with Crippen LogP contribution in [0.1, 0.15) is 69.7 Å². The van der Waals surface area contributed by atoms with Crippen LogP contribution in [0.4, 0.5) is 0 Å². The summed E-state index contributed by atoms with van der Waals surface area (Å²) < 4.78 is 5.44. The Morgan fingerprint density at radius 1 is 0.909 bits per heavy atom. The lowest BCUT2D eigenvalue weighted by atomic mass is 10.1. The molecule has 0 aromatic heterocycles. The van der Waals surface area contributed by atoms with Crippen molar-refractivity contribution in [3.05, 3.63) is 29.8 Å². The van der Waals surface area contributed by atoms with Crippen LogP contribution in [0.2, 0.25) is 0 Å². The molecule has 0 fully saturated rings. The van der Waals surface area contributed by atoms with Crippen LogP contribution < -0.4 is 4.74 Å². The van der Waals surface area contributed by atoms with Crippen molar-refractivity contribution in [1.29, 1.82) is 0 Å². The summed E-state index contributed by atoms with van der Waals surface area (Å²) in [6.45, 7) is 8.72. The Balaban J connectivity index is 2.66. The second-order valence-electron chi connectivity index (χ2n) is 5.66. The molecular weight excluding hydrogens is 274 g/mol. The Morgan fingerprint density at radius 3 is 1.91 bits per heavy atom. The number of benzene rings is 1. The van der Waals surface area contributed by atoms with Crippen molar-refractivity contribution in [3.8, 4) is 5.75 Å². The van der Waals surface area contributed by atoms with E-state index in [1.165, 1.54) is 25.7 Å². The SMILES string of the molecule is CCCCCN(CCCCC)C(=O)c1ccc(OCC)cc1. The topological polar surface area (TPSA) is 29.5 Å². The lowest BCUT2D eigenvalue weighted by Gasteiger charge is -2.23. The van der Waals surface area contributed by atoms with E-state index in [9.17, 15) is 4.79 Å². The summed E-state index contributed by atoms with van der Waals surface area (Å²) in [4.78, 5) is 14.7. The van der Waals surface area contributed by atoms with Gasteiger partial charge in [-0.05, 0) is 44.0 Å². The normalized spacial score (nSPS) is 10.5. The van der Waals surface area contributed by atoms with E-state index in [0.717, 1.165) is 37.2 Å². The summed E-state index contributed by atoms with van der Waals surface area (Å²) >= 11 is 0. The number of amides is 1. The molecular formula is C19H31NO2. The average Bonchev–Trinajstić information content (AvgIpc) is 2.54. The summed E-state index contributed by atoms with van der Waals surface area (Å²) in [5.41, 5.74) is 0.761. The van der Waals surface area contributed by atoms with Gasteiger partial charge in [0.05, 0.1) is 6.61 Å². The molecule has 0 spiro atoms. The fourth-order valence-electron chi connectivity index (χ4n) is 2.46. The first kappa shape index (κ1) is 18.5. The second kappa shape index (κ2) is 11.1. The minimum atomic E-state index is 0.148. The molecule has 0 aliphatic heterocycles. The molecule has 3 heteroatoms. The fourth-order valence-corrected chi connectivity index (χ4v) is 2.46. The van der Waals surface area contributed by atoms with Gasteiger partial charge in [-0.1, -0.05) is 39.5 Å². The lowest BCUT2D eigenvalue weighted by molar-refractivity contribution is 0.0749. The van der Waals surface area contributed by atoms with Crippen molar-refractivity contribution in [2.45, 2.75) is 59.3 Å². The van der Waals surface area contributed by atoms with Crippen molar-refractivity contribution in [1.82, 2.24) is 4.90 Å². The largest absolute Gasteiger partial charge is 0.494 e. The van der Waals surface area contributed by atoms with Gasteiger partial charge in [-0.25, -0.2) is 0 Å². The number of hydrogen-bond acceptors (Lipinski definition) is 2. The predicted octanol–water partition coefficient (Wildman–Crippen LogP) is 4.91. The minimum absolute atomic E-state index is 0.148. The molecule has 1 rings (SSSR count). The van der Waals surface area contributed by atoms with Gasteiger partial charge in [0.15, 0.2) is 0 Å². The summed E-state index contributed by atoms with van der Waals surface area (Å²) in [5, 5.41) is 0. The summed E-state index contributed by atoms with van der Waals surface area (Å²) in [7, 11) is 0. The lowest BCUT2D eigenvalue weighted by Crippen LogP contribution is -2.33. The summed E-state index contributed by atoms with van der Waals surface area (Å²) in [5.74, 6) is 0.970. The molecule has 0 aliphatic rings. The first-order chi connectivity index (χ1) is 10.7. The molecule has 0 N–H and O–H groups in total. The molecule has 0 unspecified atom stereocenters. The van der Waals surface area contributed by atoms with E-state index in [1.54, 1.807) is 0 Å². The highest BCUT2D eigenvalue weighted by atomic mass is 16.5. The smallest absolute Gasteiger partial charge is 0.253 e. The van der Waals surface area contributed by atoms with Gasteiger partial charge in [-0.3, -0.25) is 4.79 Å². The van der Waals surface area contributed by atoms with Crippen molar-refractivity contribution in [3.63, 3.8) is 0 Å². The zero-order valence-electron chi connectivity index (χ0n) is 14.4. The Bertz CT molecular complexity index is 404. The number of nitrogens with zero attached hydrogens (tertiary/aromatic N) is 1. The molecule has 0 heterocycles. The first-order valence-electron chi connectivity index (χ1n) is 8.75. The highest BCUT2D eigenvalue weighted by molar-refractivity contribution is 5.94. The first-order valence-corrected chi connectivity index (χ1v) is 8.75. The molecule has 1 aromatic carbocycles. The molecule has 22 heavy (non-hydrogen) atoms. The highest BCUT2D eigenvalue weighted by Gasteiger charge is 2.15. The van der Waals surface area contributed by atoms with Crippen LogP contribution in [0.3, 0.4) is 0 Å². The van der Waals surface area contributed by atoms with Gasteiger partial charge in [0.1, 0.15) is 5.75 Å². The third-order valence-corrected chi connectivity index (χ3v) is 3.76. The Morgan fingerprint density at radius 2 is 1.45 bits per heavy atom. The van der Waals surface area contributed by atoms with Crippen LogP contribution in [-0.2, 0) is 0 Å². The Kier molecular flexibility index (Phi) is 9.36.